The van der Waals surface area contributed by atoms with Gasteiger partial charge in [-0.3, -0.25) is 0 Å². The minimum atomic E-state index is -0.163. The maximum atomic E-state index is 8.87. The van der Waals surface area contributed by atoms with E-state index in [-0.39, 0.29) is 5.41 Å². The molecule has 14 heavy (non-hydrogen) atoms. The lowest BCUT2D eigenvalue weighted by Gasteiger charge is -2.21. The molecule has 1 rings (SSSR count). The first-order valence-electron chi connectivity index (χ1n) is 5.54. The van der Waals surface area contributed by atoms with Gasteiger partial charge in [0.25, 0.3) is 0 Å². The first kappa shape index (κ1) is 11.5. The van der Waals surface area contributed by atoms with Crippen LogP contribution in [0.3, 0.4) is 0 Å². The largest absolute Gasteiger partial charge is 0.306 e. The number of nitriles is 1. The molecule has 0 bridgehead atoms. The number of nitrogens with zero attached hydrogens (tertiary/aromatic N) is 2. The van der Waals surface area contributed by atoms with Crippen LogP contribution in [-0.2, 0) is 0 Å². The van der Waals surface area contributed by atoms with Crippen molar-refractivity contribution in [2.45, 2.75) is 33.6 Å². The maximum Gasteiger partial charge on any atom is 0.0684 e. The fraction of sp³-hybridized carbons (Fsp3) is 0.917. The summed E-state index contributed by atoms with van der Waals surface area (Å²) in [6.07, 6.45) is 2.37. The Kier molecular flexibility index (Phi) is 3.55. The smallest absolute Gasteiger partial charge is 0.0684 e. The van der Waals surface area contributed by atoms with Gasteiger partial charge in [-0.05, 0) is 52.1 Å². The van der Waals surface area contributed by atoms with Crippen molar-refractivity contribution in [2.24, 2.45) is 17.3 Å². The van der Waals surface area contributed by atoms with E-state index in [9.17, 15) is 0 Å². The SMILES string of the molecule is CC1CC1CN(C)CCC(C)(C)C#N. The van der Waals surface area contributed by atoms with E-state index in [1.807, 2.05) is 13.8 Å². The third kappa shape index (κ3) is 3.67. The molecule has 1 fully saturated rings. The van der Waals surface area contributed by atoms with Crippen molar-refractivity contribution in [3.63, 3.8) is 0 Å². The average Bonchev–Trinajstić information content (AvgIpc) is 2.79. The van der Waals surface area contributed by atoms with Crippen LogP contribution in [0.2, 0.25) is 0 Å². The quantitative estimate of drug-likeness (QED) is 0.672. The van der Waals surface area contributed by atoms with Gasteiger partial charge >= 0.3 is 0 Å². The molecule has 0 saturated heterocycles. The topological polar surface area (TPSA) is 27.0 Å². The van der Waals surface area contributed by atoms with Crippen LogP contribution in [0.1, 0.15) is 33.6 Å². The van der Waals surface area contributed by atoms with Crippen molar-refractivity contribution in [2.75, 3.05) is 20.1 Å². The predicted molar refractivity (Wildman–Crippen MR) is 58.8 cm³/mol. The lowest BCUT2D eigenvalue weighted by molar-refractivity contribution is 0.274. The van der Waals surface area contributed by atoms with Gasteiger partial charge < -0.3 is 4.90 Å². The van der Waals surface area contributed by atoms with Crippen molar-refractivity contribution in [1.82, 2.24) is 4.90 Å². The van der Waals surface area contributed by atoms with Gasteiger partial charge in [0, 0.05) is 6.54 Å². The number of hydrogen-bond donors (Lipinski definition) is 0. The third-order valence-electron chi connectivity index (χ3n) is 3.24. The lowest BCUT2D eigenvalue weighted by Crippen LogP contribution is -2.26. The number of rotatable bonds is 5. The molecule has 0 N–H and O–H groups in total. The van der Waals surface area contributed by atoms with Gasteiger partial charge in [0.1, 0.15) is 0 Å². The molecule has 2 heteroatoms. The Hall–Kier alpha value is -0.550. The van der Waals surface area contributed by atoms with Gasteiger partial charge in [-0.15, -0.1) is 0 Å². The maximum absolute atomic E-state index is 8.87. The zero-order valence-electron chi connectivity index (χ0n) is 9.88. The van der Waals surface area contributed by atoms with Gasteiger partial charge in [-0.2, -0.15) is 5.26 Å². The number of hydrogen-bond acceptors (Lipinski definition) is 2. The Morgan fingerprint density at radius 1 is 1.50 bits per heavy atom. The molecule has 2 atom stereocenters. The molecule has 0 aromatic rings. The summed E-state index contributed by atoms with van der Waals surface area (Å²) in [7, 11) is 2.17. The summed E-state index contributed by atoms with van der Waals surface area (Å²) in [5.41, 5.74) is -0.163. The molecular weight excluding hydrogens is 172 g/mol. The van der Waals surface area contributed by atoms with Crippen molar-refractivity contribution in [3.8, 4) is 6.07 Å². The molecule has 2 unspecified atom stereocenters. The standard InChI is InChI=1S/C12H22N2/c1-10-7-11(10)8-14(4)6-5-12(2,3)9-13/h10-11H,5-8H2,1-4H3. The molecule has 0 amide bonds. The molecule has 2 nitrogen and oxygen atoms in total. The van der Waals surface area contributed by atoms with Crippen molar-refractivity contribution < 1.29 is 0 Å². The van der Waals surface area contributed by atoms with E-state index in [1.54, 1.807) is 0 Å². The van der Waals surface area contributed by atoms with Crippen LogP contribution in [0.5, 0.6) is 0 Å². The minimum Gasteiger partial charge on any atom is -0.306 e. The first-order valence-corrected chi connectivity index (χ1v) is 5.54. The van der Waals surface area contributed by atoms with Gasteiger partial charge in [-0.1, -0.05) is 6.92 Å². The van der Waals surface area contributed by atoms with Crippen LogP contribution in [-0.4, -0.2) is 25.0 Å². The average molecular weight is 194 g/mol. The molecule has 1 saturated carbocycles. The minimum absolute atomic E-state index is 0.163. The summed E-state index contributed by atoms with van der Waals surface area (Å²) in [6.45, 7) is 8.60. The molecule has 1 aliphatic carbocycles. The Labute approximate surface area is 87.9 Å². The second-order valence-corrected chi connectivity index (χ2v) is 5.48. The van der Waals surface area contributed by atoms with Gasteiger partial charge in [-0.25, -0.2) is 0 Å². The predicted octanol–water partition coefficient (Wildman–Crippen LogP) is 2.51. The van der Waals surface area contributed by atoms with Gasteiger partial charge in [0.2, 0.25) is 0 Å². The Balaban J connectivity index is 2.15. The fourth-order valence-electron chi connectivity index (χ4n) is 1.67. The second kappa shape index (κ2) is 4.31. The van der Waals surface area contributed by atoms with E-state index in [1.165, 1.54) is 13.0 Å². The molecule has 0 spiro atoms. The molecule has 0 aromatic heterocycles. The van der Waals surface area contributed by atoms with E-state index >= 15 is 0 Å². The van der Waals surface area contributed by atoms with Crippen LogP contribution in [0.4, 0.5) is 0 Å². The summed E-state index contributed by atoms with van der Waals surface area (Å²) in [5, 5.41) is 8.87. The molecule has 0 heterocycles. The molecule has 0 aromatic carbocycles. The second-order valence-electron chi connectivity index (χ2n) is 5.48. The van der Waals surface area contributed by atoms with Crippen molar-refractivity contribution in [1.29, 1.82) is 5.26 Å². The van der Waals surface area contributed by atoms with E-state index in [0.29, 0.717) is 0 Å². The highest BCUT2D eigenvalue weighted by molar-refractivity contribution is 4.92. The molecule has 1 aliphatic rings. The highest BCUT2D eigenvalue weighted by Crippen LogP contribution is 2.38. The fourth-order valence-corrected chi connectivity index (χ4v) is 1.67. The van der Waals surface area contributed by atoms with Crippen molar-refractivity contribution in [3.05, 3.63) is 0 Å². The summed E-state index contributed by atoms with van der Waals surface area (Å²) in [6, 6.07) is 2.35. The van der Waals surface area contributed by atoms with Gasteiger partial charge in [0.15, 0.2) is 0 Å². The Bertz CT molecular complexity index is 227. The summed E-state index contributed by atoms with van der Waals surface area (Å²) in [4.78, 5) is 2.37. The molecule has 0 aliphatic heterocycles. The highest BCUT2D eigenvalue weighted by atomic mass is 15.1. The van der Waals surface area contributed by atoms with E-state index in [0.717, 1.165) is 24.8 Å². The van der Waals surface area contributed by atoms with Crippen LogP contribution < -0.4 is 0 Å². The van der Waals surface area contributed by atoms with E-state index < -0.39 is 0 Å². The van der Waals surface area contributed by atoms with Crippen LogP contribution >= 0.6 is 0 Å². The normalized spacial score (nSPS) is 26.3. The summed E-state index contributed by atoms with van der Waals surface area (Å²) in [5.74, 6) is 1.85. The van der Waals surface area contributed by atoms with Crippen molar-refractivity contribution >= 4 is 0 Å². The van der Waals surface area contributed by atoms with Crippen LogP contribution in [0, 0.1) is 28.6 Å². The Morgan fingerprint density at radius 2 is 2.07 bits per heavy atom. The molecule has 80 valence electrons. The van der Waals surface area contributed by atoms with Crippen LogP contribution in [0.15, 0.2) is 0 Å². The van der Waals surface area contributed by atoms with E-state index in [4.69, 9.17) is 5.26 Å². The van der Waals surface area contributed by atoms with E-state index in [2.05, 4.69) is 24.9 Å². The van der Waals surface area contributed by atoms with Crippen LogP contribution in [0.25, 0.3) is 0 Å². The molecule has 0 radical (unpaired) electrons. The third-order valence-corrected chi connectivity index (χ3v) is 3.24. The first-order chi connectivity index (χ1) is 6.44. The Morgan fingerprint density at radius 3 is 2.50 bits per heavy atom. The zero-order chi connectivity index (χ0) is 10.8. The zero-order valence-corrected chi connectivity index (χ0v) is 9.88. The monoisotopic (exact) mass is 194 g/mol. The van der Waals surface area contributed by atoms with Gasteiger partial charge in [0.05, 0.1) is 11.5 Å². The molecular formula is C12H22N2. The summed E-state index contributed by atoms with van der Waals surface area (Å²) >= 11 is 0. The highest BCUT2D eigenvalue weighted by Gasteiger charge is 2.33. The lowest BCUT2D eigenvalue weighted by atomic mass is 9.91. The summed E-state index contributed by atoms with van der Waals surface area (Å²) < 4.78 is 0.